The third kappa shape index (κ3) is 3.46. The molecule has 3 heterocycles. The molecule has 26 heavy (non-hydrogen) atoms. The van der Waals surface area contributed by atoms with Crippen LogP contribution in [-0.4, -0.2) is 73.3 Å². The molecule has 0 N–H and O–H groups in total. The molecule has 2 fully saturated rings. The predicted molar refractivity (Wildman–Crippen MR) is 103 cm³/mol. The Bertz CT molecular complexity index is 788. The minimum Gasteiger partial charge on any atom is -0.378 e. The van der Waals surface area contributed by atoms with Crippen LogP contribution in [0.1, 0.15) is 12.0 Å². The van der Waals surface area contributed by atoms with E-state index < -0.39 is 0 Å². The van der Waals surface area contributed by atoms with Gasteiger partial charge in [0.15, 0.2) is 0 Å². The van der Waals surface area contributed by atoms with Crippen LogP contribution in [0.4, 0.5) is 10.6 Å². The first-order valence-electron chi connectivity index (χ1n) is 9.45. The number of morpholine rings is 1. The molecular formula is C20H26N4O2. The highest BCUT2D eigenvalue weighted by Crippen LogP contribution is 2.23. The Morgan fingerprint density at radius 3 is 2.62 bits per heavy atom. The van der Waals surface area contributed by atoms with Crippen molar-refractivity contribution in [1.29, 1.82) is 0 Å². The highest BCUT2D eigenvalue weighted by molar-refractivity contribution is 5.83. The van der Waals surface area contributed by atoms with Gasteiger partial charge in [-0.3, -0.25) is 0 Å². The number of ether oxygens (including phenoxy) is 1. The fraction of sp³-hybridized carbons (Fsp3) is 0.500. The van der Waals surface area contributed by atoms with Crippen molar-refractivity contribution in [3.8, 4) is 0 Å². The molecule has 0 radical (unpaired) electrons. The highest BCUT2D eigenvalue weighted by Gasteiger charge is 2.25. The standard InChI is InChI=1S/C20H26N4O2/c1-16-15-19(21-18-6-3-2-5-17(16)18)22-7-4-8-23(10-9-22)20(25)24-11-13-26-14-12-24/h2-3,5-6,15H,4,7-14H2,1H3. The summed E-state index contributed by atoms with van der Waals surface area (Å²) < 4.78 is 5.35. The maximum absolute atomic E-state index is 12.7. The van der Waals surface area contributed by atoms with Gasteiger partial charge in [0.1, 0.15) is 5.82 Å². The van der Waals surface area contributed by atoms with Crippen LogP contribution in [0.25, 0.3) is 10.9 Å². The summed E-state index contributed by atoms with van der Waals surface area (Å²) in [5.41, 5.74) is 2.28. The number of fused-ring (bicyclic) bond motifs is 1. The minimum absolute atomic E-state index is 0.151. The van der Waals surface area contributed by atoms with Crippen LogP contribution < -0.4 is 4.90 Å². The van der Waals surface area contributed by atoms with Gasteiger partial charge in [0.2, 0.25) is 0 Å². The minimum atomic E-state index is 0.151. The van der Waals surface area contributed by atoms with Gasteiger partial charge in [0, 0.05) is 44.7 Å². The molecule has 1 aromatic carbocycles. The molecule has 0 bridgehead atoms. The van der Waals surface area contributed by atoms with E-state index >= 15 is 0 Å². The monoisotopic (exact) mass is 354 g/mol. The number of urea groups is 1. The molecule has 0 atom stereocenters. The van der Waals surface area contributed by atoms with Crippen molar-refractivity contribution in [3.05, 3.63) is 35.9 Å². The summed E-state index contributed by atoms with van der Waals surface area (Å²) in [6, 6.07) is 10.6. The number of hydrogen-bond donors (Lipinski definition) is 0. The Morgan fingerprint density at radius 2 is 1.77 bits per heavy atom. The van der Waals surface area contributed by atoms with Gasteiger partial charge < -0.3 is 19.4 Å². The van der Waals surface area contributed by atoms with E-state index in [-0.39, 0.29) is 6.03 Å². The first-order chi connectivity index (χ1) is 12.7. The van der Waals surface area contributed by atoms with Crippen molar-refractivity contribution in [2.75, 3.05) is 57.4 Å². The lowest BCUT2D eigenvalue weighted by molar-refractivity contribution is 0.0438. The van der Waals surface area contributed by atoms with Gasteiger partial charge >= 0.3 is 6.03 Å². The number of rotatable bonds is 1. The molecule has 0 saturated carbocycles. The molecule has 2 amide bonds. The molecule has 0 aliphatic carbocycles. The van der Waals surface area contributed by atoms with Gasteiger partial charge in [0.25, 0.3) is 0 Å². The Balaban J connectivity index is 1.47. The lowest BCUT2D eigenvalue weighted by Crippen LogP contribution is -2.49. The second-order valence-electron chi connectivity index (χ2n) is 7.02. The number of hydrogen-bond acceptors (Lipinski definition) is 4. The van der Waals surface area contributed by atoms with Crippen LogP contribution in [-0.2, 0) is 4.74 Å². The summed E-state index contributed by atoms with van der Waals surface area (Å²) >= 11 is 0. The average molecular weight is 354 g/mol. The van der Waals surface area contributed by atoms with Crippen molar-refractivity contribution >= 4 is 22.8 Å². The van der Waals surface area contributed by atoms with Gasteiger partial charge in [0.05, 0.1) is 18.7 Å². The second-order valence-corrected chi connectivity index (χ2v) is 7.02. The van der Waals surface area contributed by atoms with Crippen molar-refractivity contribution < 1.29 is 9.53 Å². The van der Waals surface area contributed by atoms with E-state index in [1.54, 1.807) is 0 Å². The van der Waals surface area contributed by atoms with E-state index in [4.69, 9.17) is 9.72 Å². The number of nitrogens with zero attached hydrogens (tertiary/aromatic N) is 4. The van der Waals surface area contributed by atoms with Gasteiger partial charge in [-0.25, -0.2) is 9.78 Å². The first-order valence-corrected chi connectivity index (χ1v) is 9.45. The molecule has 2 aliphatic rings. The van der Waals surface area contributed by atoms with Crippen LogP contribution >= 0.6 is 0 Å². The second kappa shape index (κ2) is 7.50. The normalized spacial score (nSPS) is 18.9. The Morgan fingerprint density at radius 1 is 1.00 bits per heavy atom. The Kier molecular flexibility index (Phi) is 4.93. The summed E-state index contributed by atoms with van der Waals surface area (Å²) in [5.74, 6) is 1.02. The number of amides is 2. The fourth-order valence-electron chi connectivity index (χ4n) is 3.79. The quantitative estimate of drug-likeness (QED) is 0.790. The Labute approximate surface area is 154 Å². The first kappa shape index (κ1) is 17.1. The van der Waals surface area contributed by atoms with E-state index in [9.17, 15) is 4.79 Å². The average Bonchev–Trinajstić information content (AvgIpc) is 2.94. The van der Waals surface area contributed by atoms with E-state index in [2.05, 4.69) is 36.1 Å². The molecule has 6 heteroatoms. The van der Waals surface area contributed by atoms with Crippen LogP contribution in [0.2, 0.25) is 0 Å². The molecule has 0 unspecified atom stereocenters. The van der Waals surface area contributed by atoms with Gasteiger partial charge in [-0.1, -0.05) is 18.2 Å². The van der Waals surface area contributed by atoms with Gasteiger partial charge in [-0.15, -0.1) is 0 Å². The predicted octanol–water partition coefficient (Wildman–Crippen LogP) is 2.51. The summed E-state index contributed by atoms with van der Waals surface area (Å²) in [4.78, 5) is 23.8. The summed E-state index contributed by atoms with van der Waals surface area (Å²) in [5, 5.41) is 1.20. The lowest BCUT2D eigenvalue weighted by Gasteiger charge is -2.32. The molecule has 0 spiro atoms. The van der Waals surface area contributed by atoms with Crippen LogP contribution in [0.15, 0.2) is 30.3 Å². The third-order valence-electron chi connectivity index (χ3n) is 5.28. The SMILES string of the molecule is Cc1cc(N2CCCN(C(=O)N3CCOCC3)CC2)nc2ccccc12. The molecule has 1 aromatic heterocycles. The van der Waals surface area contributed by atoms with Crippen molar-refractivity contribution in [3.63, 3.8) is 0 Å². The zero-order chi connectivity index (χ0) is 17.9. The number of aryl methyl sites for hydroxylation is 1. The molecular weight excluding hydrogens is 328 g/mol. The molecule has 2 aliphatic heterocycles. The molecule has 138 valence electrons. The summed E-state index contributed by atoms with van der Waals surface area (Å²) in [6.07, 6.45) is 0.962. The van der Waals surface area contributed by atoms with Crippen molar-refractivity contribution in [2.45, 2.75) is 13.3 Å². The summed E-state index contributed by atoms with van der Waals surface area (Å²) in [6.45, 7) is 8.12. The number of aromatic nitrogens is 1. The number of para-hydroxylation sites is 1. The van der Waals surface area contributed by atoms with Gasteiger partial charge in [-0.05, 0) is 31.0 Å². The maximum Gasteiger partial charge on any atom is 0.320 e. The number of carbonyl (C=O) groups is 1. The topological polar surface area (TPSA) is 48.9 Å². The van der Waals surface area contributed by atoms with E-state index in [1.807, 2.05) is 15.9 Å². The molecule has 2 saturated heterocycles. The number of anilines is 1. The zero-order valence-electron chi connectivity index (χ0n) is 15.4. The summed E-state index contributed by atoms with van der Waals surface area (Å²) in [7, 11) is 0. The third-order valence-corrected chi connectivity index (χ3v) is 5.28. The zero-order valence-corrected chi connectivity index (χ0v) is 15.4. The maximum atomic E-state index is 12.7. The molecule has 6 nitrogen and oxygen atoms in total. The largest absolute Gasteiger partial charge is 0.378 e. The van der Waals surface area contributed by atoms with E-state index in [0.29, 0.717) is 26.3 Å². The Hall–Kier alpha value is -2.34. The van der Waals surface area contributed by atoms with Crippen LogP contribution in [0, 0.1) is 6.92 Å². The number of benzene rings is 1. The van der Waals surface area contributed by atoms with Gasteiger partial charge in [-0.2, -0.15) is 0 Å². The van der Waals surface area contributed by atoms with E-state index in [0.717, 1.165) is 43.9 Å². The number of carbonyl (C=O) groups excluding carboxylic acids is 1. The van der Waals surface area contributed by atoms with E-state index in [1.165, 1.54) is 10.9 Å². The smallest absolute Gasteiger partial charge is 0.320 e. The molecule has 2 aromatic rings. The van der Waals surface area contributed by atoms with Crippen molar-refractivity contribution in [2.24, 2.45) is 0 Å². The lowest BCUT2D eigenvalue weighted by atomic mass is 10.1. The van der Waals surface area contributed by atoms with Crippen LogP contribution in [0.5, 0.6) is 0 Å². The highest BCUT2D eigenvalue weighted by atomic mass is 16.5. The van der Waals surface area contributed by atoms with Crippen LogP contribution in [0.3, 0.4) is 0 Å². The number of pyridine rings is 1. The fourth-order valence-corrected chi connectivity index (χ4v) is 3.79. The van der Waals surface area contributed by atoms with Crippen molar-refractivity contribution in [1.82, 2.24) is 14.8 Å². The molecule has 4 rings (SSSR count).